The van der Waals surface area contributed by atoms with Gasteiger partial charge >= 0.3 is 0 Å². The molecule has 0 bridgehead atoms. The summed E-state index contributed by atoms with van der Waals surface area (Å²) in [6.07, 6.45) is 4.43. The fourth-order valence-corrected chi connectivity index (χ4v) is 3.62. The molecule has 2 heterocycles. The number of H-pyrrole nitrogens is 1. The van der Waals surface area contributed by atoms with E-state index in [1.807, 2.05) is 37.2 Å². The number of aromatic nitrogens is 2. The lowest BCUT2D eigenvalue weighted by Crippen LogP contribution is -2.31. The Morgan fingerprint density at radius 3 is 2.68 bits per heavy atom. The van der Waals surface area contributed by atoms with Crippen molar-refractivity contribution in [2.24, 2.45) is 0 Å². The summed E-state index contributed by atoms with van der Waals surface area (Å²) in [5.74, 6) is 0.0152. The van der Waals surface area contributed by atoms with Gasteiger partial charge < -0.3 is 9.88 Å². The Morgan fingerprint density at radius 2 is 2.04 bits per heavy atom. The lowest BCUT2D eigenvalue weighted by atomic mass is 10.0. The number of carbonyl (C=O) groups is 1. The molecule has 0 saturated carbocycles. The summed E-state index contributed by atoms with van der Waals surface area (Å²) in [5.41, 5.74) is 6.17. The predicted molar refractivity (Wildman–Crippen MR) is 102 cm³/mol. The molecule has 0 spiro atoms. The van der Waals surface area contributed by atoms with Gasteiger partial charge in [0.2, 0.25) is 0 Å². The molecule has 25 heavy (non-hydrogen) atoms. The number of pyridine rings is 1. The molecular formula is C21H25N3O. The molecule has 2 aromatic heterocycles. The van der Waals surface area contributed by atoms with E-state index in [4.69, 9.17) is 0 Å². The van der Waals surface area contributed by atoms with Crippen molar-refractivity contribution >= 4 is 16.8 Å². The minimum absolute atomic E-state index is 0.00912. The maximum absolute atomic E-state index is 13.2. The Hall–Kier alpha value is -2.62. The normalized spacial score (nSPS) is 12.4. The van der Waals surface area contributed by atoms with Crippen LogP contribution >= 0.6 is 0 Å². The molecule has 0 fully saturated rings. The SMILES string of the molecule is CCC(c1cccnc1)N(C)C(=O)c1[nH]c2c(C)cc(C)cc2c1C. The number of nitrogens with zero attached hydrogens (tertiary/aromatic N) is 2. The van der Waals surface area contributed by atoms with E-state index in [-0.39, 0.29) is 11.9 Å². The van der Waals surface area contributed by atoms with Crippen molar-refractivity contribution in [3.8, 4) is 0 Å². The number of aryl methyl sites for hydroxylation is 3. The number of carbonyl (C=O) groups excluding carboxylic acids is 1. The van der Waals surface area contributed by atoms with Gasteiger partial charge in [-0.05, 0) is 56.0 Å². The van der Waals surface area contributed by atoms with E-state index in [0.29, 0.717) is 5.69 Å². The summed E-state index contributed by atoms with van der Waals surface area (Å²) in [6.45, 7) is 8.27. The third-order valence-electron chi connectivity index (χ3n) is 4.97. The molecule has 0 aliphatic heterocycles. The van der Waals surface area contributed by atoms with Gasteiger partial charge in [-0.1, -0.05) is 24.6 Å². The monoisotopic (exact) mass is 335 g/mol. The molecule has 1 N–H and O–H groups in total. The zero-order chi connectivity index (χ0) is 18.1. The van der Waals surface area contributed by atoms with E-state index in [2.05, 4.69) is 42.9 Å². The van der Waals surface area contributed by atoms with Crippen LogP contribution in [0.2, 0.25) is 0 Å². The van der Waals surface area contributed by atoms with Crippen molar-refractivity contribution in [2.75, 3.05) is 7.05 Å². The quantitative estimate of drug-likeness (QED) is 0.750. The maximum Gasteiger partial charge on any atom is 0.270 e. The third kappa shape index (κ3) is 3.04. The molecule has 1 unspecified atom stereocenters. The molecule has 130 valence electrons. The average molecular weight is 335 g/mol. The highest BCUT2D eigenvalue weighted by molar-refractivity contribution is 6.01. The second-order valence-electron chi connectivity index (χ2n) is 6.76. The summed E-state index contributed by atoms with van der Waals surface area (Å²) in [7, 11) is 1.87. The molecular weight excluding hydrogens is 310 g/mol. The Kier molecular flexibility index (Phi) is 4.62. The molecule has 1 atom stereocenters. The van der Waals surface area contributed by atoms with Crippen LogP contribution in [0.4, 0.5) is 0 Å². The second kappa shape index (κ2) is 6.71. The van der Waals surface area contributed by atoms with Crippen LogP contribution < -0.4 is 0 Å². The lowest BCUT2D eigenvalue weighted by Gasteiger charge is -2.27. The summed E-state index contributed by atoms with van der Waals surface area (Å²) < 4.78 is 0. The number of aromatic amines is 1. The number of amides is 1. The first-order valence-corrected chi connectivity index (χ1v) is 8.70. The number of rotatable bonds is 4. The van der Waals surface area contributed by atoms with Crippen LogP contribution in [0, 0.1) is 20.8 Å². The Balaban J connectivity index is 2.01. The van der Waals surface area contributed by atoms with Crippen LogP contribution in [0.1, 0.15) is 52.1 Å². The zero-order valence-electron chi connectivity index (χ0n) is 15.6. The summed E-state index contributed by atoms with van der Waals surface area (Å²) >= 11 is 0. The summed E-state index contributed by atoms with van der Waals surface area (Å²) in [6, 6.07) is 8.23. The number of hydrogen-bond donors (Lipinski definition) is 1. The maximum atomic E-state index is 13.2. The van der Waals surface area contributed by atoms with Gasteiger partial charge in [0.1, 0.15) is 5.69 Å². The van der Waals surface area contributed by atoms with Crippen molar-refractivity contribution in [1.82, 2.24) is 14.9 Å². The minimum Gasteiger partial charge on any atom is -0.350 e. The van der Waals surface area contributed by atoms with Gasteiger partial charge in [-0.25, -0.2) is 0 Å². The molecule has 4 heteroatoms. The van der Waals surface area contributed by atoms with Gasteiger partial charge in [-0.15, -0.1) is 0 Å². The van der Waals surface area contributed by atoms with Crippen molar-refractivity contribution < 1.29 is 4.79 Å². The van der Waals surface area contributed by atoms with Crippen LogP contribution in [0.25, 0.3) is 10.9 Å². The number of nitrogens with one attached hydrogen (secondary N) is 1. The standard InChI is InChI=1S/C21H25N3O/c1-6-18(16-8-7-9-22-12-16)24(5)21(25)20-15(4)17-11-13(2)10-14(3)19(17)23-20/h7-12,18,23H,6H2,1-5H3. The van der Waals surface area contributed by atoms with Crippen LogP contribution in [0.5, 0.6) is 0 Å². The van der Waals surface area contributed by atoms with E-state index in [9.17, 15) is 4.79 Å². The Morgan fingerprint density at radius 1 is 1.28 bits per heavy atom. The number of benzene rings is 1. The largest absolute Gasteiger partial charge is 0.350 e. The van der Waals surface area contributed by atoms with E-state index in [0.717, 1.165) is 28.5 Å². The average Bonchev–Trinajstić information content (AvgIpc) is 2.93. The Labute approximate surface area is 148 Å². The van der Waals surface area contributed by atoms with Crippen molar-refractivity contribution in [3.63, 3.8) is 0 Å². The van der Waals surface area contributed by atoms with Gasteiger partial charge in [-0.2, -0.15) is 0 Å². The fraction of sp³-hybridized carbons (Fsp3) is 0.333. The number of fused-ring (bicyclic) bond motifs is 1. The van der Waals surface area contributed by atoms with Crippen LogP contribution in [-0.4, -0.2) is 27.8 Å². The molecule has 1 aromatic carbocycles. The second-order valence-corrected chi connectivity index (χ2v) is 6.76. The van der Waals surface area contributed by atoms with Crippen molar-refractivity contribution in [2.45, 2.75) is 40.2 Å². The van der Waals surface area contributed by atoms with Crippen molar-refractivity contribution in [3.05, 3.63) is 64.6 Å². The Bertz CT molecular complexity index is 912. The first-order chi connectivity index (χ1) is 11.9. The van der Waals surface area contributed by atoms with Gasteiger partial charge in [0.25, 0.3) is 5.91 Å². The molecule has 1 amide bonds. The molecule has 3 aromatic rings. The first kappa shape index (κ1) is 17.2. The van der Waals surface area contributed by atoms with Crippen molar-refractivity contribution in [1.29, 1.82) is 0 Å². The molecule has 0 aliphatic carbocycles. The highest BCUT2D eigenvalue weighted by Crippen LogP contribution is 2.29. The molecule has 0 saturated heterocycles. The fourth-order valence-electron chi connectivity index (χ4n) is 3.62. The molecule has 0 aliphatic rings. The van der Waals surface area contributed by atoms with E-state index < -0.39 is 0 Å². The van der Waals surface area contributed by atoms with Gasteiger partial charge in [-0.3, -0.25) is 9.78 Å². The van der Waals surface area contributed by atoms with Crippen LogP contribution in [0.3, 0.4) is 0 Å². The summed E-state index contributed by atoms with van der Waals surface area (Å²) in [4.78, 5) is 22.6. The van der Waals surface area contributed by atoms with Gasteiger partial charge in [0, 0.05) is 30.3 Å². The zero-order valence-corrected chi connectivity index (χ0v) is 15.6. The van der Waals surface area contributed by atoms with Crippen LogP contribution in [0.15, 0.2) is 36.7 Å². The molecule has 4 nitrogen and oxygen atoms in total. The topological polar surface area (TPSA) is 49.0 Å². The van der Waals surface area contributed by atoms with E-state index >= 15 is 0 Å². The van der Waals surface area contributed by atoms with Gasteiger partial charge in [0.15, 0.2) is 0 Å². The number of hydrogen-bond acceptors (Lipinski definition) is 2. The molecule has 3 rings (SSSR count). The minimum atomic E-state index is 0.00912. The van der Waals surface area contributed by atoms with E-state index in [1.165, 1.54) is 11.1 Å². The third-order valence-corrected chi connectivity index (χ3v) is 4.97. The predicted octanol–water partition coefficient (Wildman–Crippen LogP) is 4.71. The van der Waals surface area contributed by atoms with Gasteiger partial charge in [0.05, 0.1) is 6.04 Å². The first-order valence-electron chi connectivity index (χ1n) is 8.70. The lowest BCUT2D eigenvalue weighted by molar-refractivity contribution is 0.0720. The highest BCUT2D eigenvalue weighted by Gasteiger charge is 2.25. The van der Waals surface area contributed by atoms with Crippen LogP contribution in [-0.2, 0) is 0 Å². The summed E-state index contributed by atoms with van der Waals surface area (Å²) in [5, 5.41) is 1.13. The smallest absolute Gasteiger partial charge is 0.270 e. The highest BCUT2D eigenvalue weighted by atomic mass is 16.2. The molecule has 0 radical (unpaired) electrons. The van der Waals surface area contributed by atoms with E-state index in [1.54, 1.807) is 6.20 Å².